The summed E-state index contributed by atoms with van der Waals surface area (Å²) in [7, 11) is 0. The predicted octanol–water partition coefficient (Wildman–Crippen LogP) is 4.46. The fourth-order valence-electron chi connectivity index (χ4n) is 10.3. The lowest BCUT2D eigenvalue weighted by molar-refractivity contribution is -0.142. The first-order valence-electron chi connectivity index (χ1n) is 23.8. The lowest BCUT2D eigenvalue weighted by Crippen LogP contribution is -2.61. The number of nitrogens with zero attached hydrogens (tertiary/aromatic N) is 9. The second-order valence-electron chi connectivity index (χ2n) is 19.8. The summed E-state index contributed by atoms with van der Waals surface area (Å²) in [4.78, 5) is 64.8. The summed E-state index contributed by atoms with van der Waals surface area (Å²) >= 11 is 0. The molecule has 4 aliphatic rings. The third kappa shape index (κ3) is 9.79. The highest BCUT2D eigenvalue weighted by Gasteiger charge is 2.45. The van der Waals surface area contributed by atoms with Gasteiger partial charge in [0.1, 0.15) is 17.8 Å². The van der Waals surface area contributed by atoms with Gasteiger partial charge in [-0.05, 0) is 67.0 Å². The van der Waals surface area contributed by atoms with Crippen molar-refractivity contribution in [1.29, 1.82) is 0 Å². The van der Waals surface area contributed by atoms with Crippen LogP contribution in [0, 0.1) is 23.7 Å². The zero-order chi connectivity index (χ0) is 47.7. The number of H-pyrrole nitrogens is 1. The maximum Gasteiger partial charge on any atom is 0.318 e. The molecule has 356 valence electrons. The van der Waals surface area contributed by atoms with Gasteiger partial charge >= 0.3 is 6.03 Å². The van der Waals surface area contributed by atoms with Crippen LogP contribution in [0.1, 0.15) is 75.4 Å². The van der Waals surface area contributed by atoms with E-state index in [4.69, 9.17) is 16.4 Å². The van der Waals surface area contributed by atoms with E-state index in [1.54, 1.807) is 29.2 Å². The van der Waals surface area contributed by atoms with Crippen LogP contribution in [-0.4, -0.2) is 145 Å². The van der Waals surface area contributed by atoms with Crippen molar-refractivity contribution in [2.24, 2.45) is 11.3 Å². The van der Waals surface area contributed by atoms with Crippen LogP contribution in [0.15, 0.2) is 67.0 Å². The Morgan fingerprint density at radius 1 is 0.956 bits per heavy atom. The van der Waals surface area contributed by atoms with E-state index in [1.807, 2.05) is 63.5 Å². The number of piperidine rings is 1. The highest BCUT2D eigenvalue weighted by Crippen LogP contribution is 2.39. The Labute approximate surface area is 397 Å². The number of aromatic nitrogens is 5. The summed E-state index contributed by atoms with van der Waals surface area (Å²) in [6.45, 7) is 14.2. The van der Waals surface area contributed by atoms with Crippen LogP contribution in [-0.2, 0) is 22.6 Å². The van der Waals surface area contributed by atoms with E-state index >= 15 is 0 Å². The number of benzene rings is 2. The minimum absolute atomic E-state index is 0.00226. The summed E-state index contributed by atoms with van der Waals surface area (Å²) < 4.78 is 0. The van der Waals surface area contributed by atoms with Gasteiger partial charge in [-0.15, -0.1) is 16.6 Å². The molecular weight excluding hydrogens is 861 g/mol. The first kappa shape index (κ1) is 46.3. The number of hydrogen-bond acceptors (Lipinski definition) is 12. The number of β-amino-alcohol motifs (C(OH)–C–C–N with tert-alkyl or cyclic N) is 1. The number of rotatable bonds is 10. The summed E-state index contributed by atoms with van der Waals surface area (Å²) in [5, 5.41) is 36.9. The van der Waals surface area contributed by atoms with E-state index in [0.717, 1.165) is 97.6 Å². The Morgan fingerprint density at radius 3 is 2.37 bits per heavy atom. The summed E-state index contributed by atoms with van der Waals surface area (Å²) in [6.07, 6.45) is 11.5. The number of phenols is 1. The summed E-state index contributed by atoms with van der Waals surface area (Å²) in [5.41, 5.74) is 6.25. The number of para-hydroxylation sites is 1. The molecular formula is C51H62N12O5. The van der Waals surface area contributed by atoms with E-state index in [1.165, 1.54) is 4.90 Å². The molecule has 0 aliphatic carbocycles. The standard InChI is InChI=1S/C51H62N12O5/c1-6-33-11-13-34(14-12-33)27-52-47(66)42-25-37(64)31-63(42)48(67)45(51(3,4)5)56-50(68)61-23-21-59(22-24-61)30-35-15-18-60(19-16-35)36-28-53-49(54-29-36)62-20-17-40-44(32(62)2)39-26-41(57-58-46(39)55-40)38-9-7-8-10-43(38)65/h1,7-14,26,28-29,32,35,37,42,45,64-65H,15-25,27,30-31H2,2-5H3,(H,52,66)(H,55,58)(H,56,68)/t32-,37-,42+,45-/m1/s1. The minimum Gasteiger partial charge on any atom is -0.507 e. The van der Waals surface area contributed by atoms with Crippen LogP contribution < -0.4 is 20.4 Å². The van der Waals surface area contributed by atoms with Crippen molar-refractivity contribution in [3.8, 4) is 29.4 Å². The second kappa shape index (κ2) is 19.4. The number of piperazine rings is 1. The highest BCUT2D eigenvalue weighted by atomic mass is 16.3. The van der Waals surface area contributed by atoms with Gasteiger partial charge in [0.15, 0.2) is 5.65 Å². The van der Waals surface area contributed by atoms with Crippen molar-refractivity contribution in [3.63, 3.8) is 0 Å². The fourth-order valence-corrected chi connectivity index (χ4v) is 10.3. The van der Waals surface area contributed by atoms with Crippen LogP contribution >= 0.6 is 0 Å². The molecule has 7 heterocycles. The van der Waals surface area contributed by atoms with Crippen LogP contribution in [0.5, 0.6) is 5.75 Å². The van der Waals surface area contributed by atoms with Gasteiger partial charge in [0.2, 0.25) is 17.8 Å². The minimum atomic E-state index is -0.902. The fraction of sp³-hybridized carbons (Fsp3) is 0.471. The zero-order valence-electron chi connectivity index (χ0n) is 39.4. The number of nitrogens with one attached hydrogen (secondary N) is 3. The Bertz CT molecular complexity index is 2660. The third-order valence-electron chi connectivity index (χ3n) is 14.2. The largest absolute Gasteiger partial charge is 0.507 e. The number of phenolic OH excluding ortho intramolecular Hbond substituents is 1. The number of likely N-dealkylation sites (tertiary alicyclic amines) is 1. The van der Waals surface area contributed by atoms with Gasteiger partial charge in [0.25, 0.3) is 0 Å². The van der Waals surface area contributed by atoms with Crippen molar-refractivity contribution in [1.82, 2.24) is 50.5 Å². The molecule has 17 nitrogen and oxygen atoms in total. The molecule has 0 bridgehead atoms. The molecule has 0 saturated carbocycles. The topological polar surface area (TPSA) is 199 Å². The van der Waals surface area contributed by atoms with Gasteiger partial charge in [0, 0.05) is 106 Å². The third-order valence-corrected chi connectivity index (χ3v) is 14.2. The second-order valence-corrected chi connectivity index (χ2v) is 19.8. The SMILES string of the molecule is C#Cc1ccc(CNC(=O)[C@@H]2C[C@@H](O)CN2C(=O)[C@@H](NC(=O)N2CCN(CC3CCN(c4cnc(N5CCc6[nH]c7nnc(-c8ccccc8O)cc7c6[C@H]5C)nc4)CC3)CC2)C(C)(C)C)cc1. The Morgan fingerprint density at radius 2 is 1.68 bits per heavy atom. The first-order valence-corrected chi connectivity index (χ1v) is 23.8. The number of terminal acetylenes is 1. The molecule has 3 fully saturated rings. The molecule has 4 atom stereocenters. The molecule has 2 aromatic carbocycles. The van der Waals surface area contributed by atoms with Crippen LogP contribution in [0.2, 0.25) is 0 Å². The lowest BCUT2D eigenvalue weighted by Gasteiger charge is -2.40. The monoisotopic (exact) mass is 922 g/mol. The molecule has 0 radical (unpaired) electrons. The number of fused-ring (bicyclic) bond motifs is 3. The molecule has 3 saturated heterocycles. The van der Waals surface area contributed by atoms with Gasteiger partial charge in [-0.1, -0.05) is 51.0 Å². The van der Waals surface area contributed by atoms with Crippen molar-refractivity contribution < 1.29 is 24.6 Å². The molecule has 0 unspecified atom stereocenters. The molecule has 17 heteroatoms. The maximum absolute atomic E-state index is 14.2. The van der Waals surface area contributed by atoms with Gasteiger partial charge in [0.05, 0.1) is 35.9 Å². The van der Waals surface area contributed by atoms with Crippen molar-refractivity contribution >= 4 is 40.5 Å². The number of carbonyl (C=O) groups excluding carboxylic acids is 3. The average molecular weight is 923 g/mol. The Kier molecular flexibility index (Phi) is 13.3. The number of carbonyl (C=O) groups is 3. The van der Waals surface area contributed by atoms with Gasteiger partial charge in [-0.2, -0.15) is 0 Å². The number of amides is 4. The number of urea groups is 1. The summed E-state index contributed by atoms with van der Waals surface area (Å²) in [6, 6.07) is 14.4. The number of anilines is 2. The number of aliphatic hydroxyl groups excluding tert-OH is 1. The van der Waals surface area contributed by atoms with Gasteiger partial charge < -0.3 is 45.4 Å². The average Bonchev–Trinajstić information content (AvgIpc) is 3.93. The zero-order valence-corrected chi connectivity index (χ0v) is 39.4. The Balaban J connectivity index is 0.740. The number of aliphatic hydroxyl groups is 1. The normalized spacial score (nSPS) is 20.8. The molecule has 5 aromatic rings. The van der Waals surface area contributed by atoms with Crippen molar-refractivity contribution in [2.75, 3.05) is 68.7 Å². The van der Waals surface area contributed by atoms with Crippen LogP contribution in [0.4, 0.5) is 16.4 Å². The smallest absolute Gasteiger partial charge is 0.318 e. The van der Waals surface area contributed by atoms with Crippen molar-refractivity contribution in [3.05, 3.63) is 89.4 Å². The summed E-state index contributed by atoms with van der Waals surface area (Å²) in [5.74, 6) is 3.22. The van der Waals surface area contributed by atoms with E-state index in [9.17, 15) is 24.6 Å². The highest BCUT2D eigenvalue weighted by molar-refractivity contribution is 5.93. The number of hydrogen-bond donors (Lipinski definition) is 5. The predicted molar refractivity (Wildman–Crippen MR) is 260 cm³/mol. The Hall–Kier alpha value is -6.77. The molecule has 9 rings (SSSR count). The van der Waals surface area contributed by atoms with Crippen molar-refractivity contribution in [2.45, 2.75) is 84.2 Å². The molecule has 3 aromatic heterocycles. The van der Waals surface area contributed by atoms with E-state index < -0.39 is 23.6 Å². The van der Waals surface area contributed by atoms with E-state index in [2.05, 4.69) is 53.4 Å². The van der Waals surface area contributed by atoms with E-state index in [-0.39, 0.29) is 49.1 Å². The van der Waals surface area contributed by atoms with Crippen LogP contribution in [0.3, 0.4) is 0 Å². The van der Waals surface area contributed by atoms with E-state index in [0.29, 0.717) is 36.2 Å². The molecule has 4 amide bonds. The van der Waals surface area contributed by atoms with Gasteiger partial charge in [-0.25, -0.2) is 14.8 Å². The molecule has 0 spiro atoms. The first-order chi connectivity index (χ1) is 32.7. The number of aromatic hydroxyl groups is 1. The molecule has 68 heavy (non-hydrogen) atoms. The quantitative estimate of drug-likeness (QED) is 0.124. The van der Waals surface area contributed by atoms with Gasteiger partial charge in [-0.3, -0.25) is 14.5 Å². The van der Waals surface area contributed by atoms with Crippen LogP contribution in [0.25, 0.3) is 22.3 Å². The maximum atomic E-state index is 14.2. The lowest BCUT2D eigenvalue weighted by atomic mass is 9.85. The number of aromatic amines is 1. The molecule has 5 N–H and O–H groups in total. The molecule has 4 aliphatic heterocycles.